The van der Waals surface area contributed by atoms with Crippen molar-refractivity contribution in [3.05, 3.63) is 40.7 Å². The maximum atomic E-state index is 9.21. The molecule has 19 heavy (non-hydrogen) atoms. The first kappa shape index (κ1) is 12.3. The lowest BCUT2D eigenvalue weighted by Gasteiger charge is -2.09. The Hall–Kier alpha value is -3.17. The van der Waals surface area contributed by atoms with E-state index in [1.54, 1.807) is 19.9 Å². The van der Waals surface area contributed by atoms with Gasteiger partial charge in [-0.15, -0.1) is 0 Å². The highest BCUT2D eigenvalue weighted by molar-refractivity contribution is 5.55. The van der Waals surface area contributed by atoms with Crippen LogP contribution in [0.25, 0.3) is 5.69 Å². The summed E-state index contributed by atoms with van der Waals surface area (Å²) in [5.41, 5.74) is 2.33. The minimum atomic E-state index is 0.0403. The smallest absolute Gasteiger partial charge is 0.177 e. The van der Waals surface area contributed by atoms with E-state index in [1.807, 2.05) is 12.1 Å². The van der Waals surface area contributed by atoms with Gasteiger partial charge in [-0.05, 0) is 19.9 Å². The second kappa shape index (κ2) is 4.60. The minimum Gasteiger partial charge on any atom is -0.288 e. The number of rotatable bonds is 1. The fraction of sp³-hybridized carbons (Fsp3) is 0.154. The van der Waals surface area contributed by atoms with Gasteiger partial charge in [-0.2, -0.15) is 15.8 Å². The molecule has 90 valence electrons. The molecule has 0 aliphatic carbocycles. The van der Waals surface area contributed by atoms with Crippen molar-refractivity contribution in [1.82, 2.24) is 14.5 Å². The van der Waals surface area contributed by atoms with Crippen LogP contribution in [0.1, 0.15) is 28.3 Å². The lowest BCUT2D eigenvalue weighted by molar-refractivity contribution is 0.991. The van der Waals surface area contributed by atoms with Gasteiger partial charge < -0.3 is 0 Å². The third-order valence-corrected chi connectivity index (χ3v) is 2.66. The molecule has 0 saturated heterocycles. The van der Waals surface area contributed by atoms with Crippen LogP contribution in [0.3, 0.4) is 0 Å². The number of pyridine rings is 1. The van der Waals surface area contributed by atoms with Crippen LogP contribution < -0.4 is 0 Å². The van der Waals surface area contributed by atoms with Crippen LogP contribution in [0, 0.1) is 47.8 Å². The summed E-state index contributed by atoms with van der Waals surface area (Å²) in [5.74, 6) is 0. The van der Waals surface area contributed by atoms with Gasteiger partial charge in [-0.25, -0.2) is 4.98 Å². The van der Waals surface area contributed by atoms with Crippen LogP contribution in [0.5, 0.6) is 0 Å². The summed E-state index contributed by atoms with van der Waals surface area (Å²) in [6.07, 6.45) is 1.37. The van der Waals surface area contributed by atoms with Crippen LogP contribution in [0.4, 0.5) is 0 Å². The third kappa shape index (κ3) is 1.90. The normalized spacial score (nSPS) is 9.42. The molecule has 0 bridgehead atoms. The molecule has 2 aromatic rings. The van der Waals surface area contributed by atoms with Gasteiger partial charge in [0.15, 0.2) is 11.4 Å². The quantitative estimate of drug-likeness (QED) is 0.760. The summed E-state index contributed by atoms with van der Waals surface area (Å²) in [7, 11) is 0. The van der Waals surface area contributed by atoms with Crippen molar-refractivity contribution < 1.29 is 0 Å². The molecule has 0 radical (unpaired) electrons. The molecular weight excluding hydrogens is 240 g/mol. The molecule has 0 unspecified atom stereocenters. The summed E-state index contributed by atoms with van der Waals surface area (Å²) in [4.78, 5) is 8.07. The first-order valence-corrected chi connectivity index (χ1v) is 5.38. The molecule has 2 aromatic heterocycles. The monoisotopic (exact) mass is 248 g/mol. The van der Waals surface area contributed by atoms with Gasteiger partial charge in [0.25, 0.3) is 0 Å². The van der Waals surface area contributed by atoms with Gasteiger partial charge in [0, 0.05) is 5.69 Å². The highest BCUT2D eigenvalue weighted by Gasteiger charge is 2.16. The van der Waals surface area contributed by atoms with E-state index in [-0.39, 0.29) is 11.4 Å². The van der Waals surface area contributed by atoms with Crippen molar-refractivity contribution in [1.29, 1.82) is 15.8 Å². The number of nitriles is 3. The fourth-order valence-corrected chi connectivity index (χ4v) is 1.86. The SMILES string of the molecule is Cc1cc(-n2cnc(C#N)c2C#N)c(C#N)c(C)n1. The molecule has 0 N–H and O–H groups in total. The lowest BCUT2D eigenvalue weighted by atomic mass is 10.1. The Bertz CT molecular complexity index is 779. The Labute approximate surface area is 109 Å². The van der Waals surface area contributed by atoms with E-state index in [4.69, 9.17) is 10.5 Å². The number of hydrogen-bond donors (Lipinski definition) is 0. The number of hydrogen-bond acceptors (Lipinski definition) is 5. The minimum absolute atomic E-state index is 0.0403. The zero-order chi connectivity index (χ0) is 14.0. The van der Waals surface area contributed by atoms with Crippen LogP contribution in [0.2, 0.25) is 0 Å². The molecule has 0 aromatic carbocycles. The number of aryl methyl sites for hydroxylation is 2. The van der Waals surface area contributed by atoms with Crippen LogP contribution in [-0.2, 0) is 0 Å². The molecule has 6 nitrogen and oxygen atoms in total. The van der Waals surface area contributed by atoms with Crippen molar-refractivity contribution >= 4 is 0 Å². The predicted octanol–water partition coefficient (Wildman–Crippen LogP) is 1.50. The highest BCUT2D eigenvalue weighted by atomic mass is 15.1. The zero-order valence-corrected chi connectivity index (χ0v) is 10.3. The zero-order valence-electron chi connectivity index (χ0n) is 10.3. The first-order valence-electron chi connectivity index (χ1n) is 5.38. The number of imidazole rings is 1. The molecule has 0 saturated carbocycles. The molecule has 0 atom stereocenters. The molecule has 0 aliphatic rings. The molecular formula is C13H8N6. The van der Waals surface area contributed by atoms with E-state index in [0.717, 1.165) is 5.69 Å². The Morgan fingerprint density at radius 1 is 1.11 bits per heavy atom. The Kier molecular flexibility index (Phi) is 2.98. The van der Waals surface area contributed by atoms with E-state index >= 15 is 0 Å². The molecule has 0 aliphatic heterocycles. The van der Waals surface area contributed by atoms with E-state index in [9.17, 15) is 5.26 Å². The molecule has 2 heterocycles. The largest absolute Gasteiger partial charge is 0.288 e. The number of aromatic nitrogens is 3. The Balaban J connectivity index is 2.82. The van der Waals surface area contributed by atoms with Gasteiger partial charge in [0.05, 0.1) is 16.9 Å². The highest BCUT2D eigenvalue weighted by Crippen LogP contribution is 2.20. The fourth-order valence-electron chi connectivity index (χ4n) is 1.86. The van der Waals surface area contributed by atoms with Gasteiger partial charge in [0.1, 0.15) is 24.5 Å². The van der Waals surface area contributed by atoms with Gasteiger partial charge >= 0.3 is 0 Å². The third-order valence-electron chi connectivity index (χ3n) is 2.66. The van der Waals surface area contributed by atoms with Gasteiger partial charge in [-0.1, -0.05) is 0 Å². The summed E-state index contributed by atoms with van der Waals surface area (Å²) in [5, 5.41) is 27.2. The lowest BCUT2D eigenvalue weighted by Crippen LogP contribution is -2.04. The molecule has 6 heteroatoms. The van der Waals surface area contributed by atoms with Gasteiger partial charge in [0.2, 0.25) is 0 Å². The summed E-state index contributed by atoms with van der Waals surface area (Å²) >= 11 is 0. The summed E-state index contributed by atoms with van der Waals surface area (Å²) < 4.78 is 1.44. The van der Waals surface area contributed by atoms with Crippen LogP contribution in [0.15, 0.2) is 12.4 Å². The summed E-state index contributed by atoms with van der Waals surface area (Å²) in [6.45, 7) is 3.52. The molecule has 2 rings (SSSR count). The maximum Gasteiger partial charge on any atom is 0.177 e. The average molecular weight is 248 g/mol. The van der Waals surface area contributed by atoms with Crippen molar-refractivity contribution in [3.8, 4) is 23.9 Å². The van der Waals surface area contributed by atoms with Crippen LogP contribution >= 0.6 is 0 Å². The second-order valence-corrected chi connectivity index (χ2v) is 3.89. The van der Waals surface area contributed by atoms with E-state index in [0.29, 0.717) is 16.9 Å². The maximum absolute atomic E-state index is 9.21. The van der Waals surface area contributed by atoms with Crippen LogP contribution in [-0.4, -0.2) is 14.5 Å². The average Bonchev–Trinajstić information content (AvgIpc) is 2.80. The second-order valence-electron chi connectivity index (χ2n) is 3.89. The molecule has 0 spiro atoms. The molecule has 0 amide bonds. The standard InChI is InChI=1S/C13H8N6/c1-8-3-12(10(4-14)9(2)18-8)19-7-17-11(5-15)13(19)6-16/h3,7H,1-2H3. The summed E-state index contributed by atoms with van der Waals surface area (Å²) in [6, 6.07) is 7.54. The molecule has 0 fully saturated rings. The Morgan fingerprint density at radius 2 is 1.84 bits per heavy atom. The van der Waals surface area contributed by atoms with Crippen molar-refractivity contribution in [2.45, 2.75) is 13.8 Å². The van der Waals surface area contributed by atoms with Crippen molar-refractivity contribution in [3.63, 3.8) is 0 Å². The Morgan fingerprint density at radius 3 is 2.42 bits per heavy atom. The topological polar surface area (TPSA) is 102 Å². The number of nitrogens with zero attached hydrogens (tertiary/aromatic N) is 6. The van der Waals surface area contributed by atoms with E-state index in [2.05, 4.69) is 16.0 Å². The van der Waals surface area contributed by atoms with E-state index < -0.39 is 0 Å². The van der Waals surface area contributed by atoms with Gasteiger partial charge in [-0.3, -0.25) is 9.55 Å². The van der Waals surface area contributed by atoms with Crippen molar-refractivity contribution in [2.75, 3.05) is 0 Å². The van der Waals surface area contributed by atoms with E-state index in [1.165, 1.54) is 10.9 Å². The predicted molar refractivity (Wildman–Crippen MR) is 65.0 cm³/mol. The first-order chi connectivity index (χ1) is 9.12. The van der Waals surface area contributed by atoms with Crippen molar-refractivity contribution in [2.24, 2.45) is 0 Å².